The molecule has 1 N–H and O–H groups in total. The van der Waals surface area contributed by atoms with Gasteiger partial charge in [0, 0.05) is 25.2 Å². The fourth-order valence-corrected chi connectivity index (χ4v) is 8.25. The van der Waals surface area contributed by atoms with E-state index < -0.39 is 26.1 Å². The molecule has 3 aliphatic rings. The van der Waals surface area contributed by atoms with Crippen LogP contribution in [0.15, 0.2) is 48.8 Å². The number of anilines is 1. The number of benzene rings is 2. The highest BCUT2D eigenvalue weighted by Crippen LogP contribution is 2.43. The molecule has 3 atom stereocenters. The maximum Gasteiger partial charge on any atom is 0.338 e. The van der Waals surface area contributed by atoms with E-state index in [4.69, 9.17) is 19.2 Å². The van der Waals surface area contributed by atoms with Gasteiger partial charge in [0.05, 0.1) is 30.4 Å². The molecular weight excluding hydrogens is 650 g/mol. The second-order valence-electron chi connectivity index (χ2n) is 15.5. The van der Waals surface area contributed by atoms with Crippen LogP contribution in [0.1, 0.15) is 69.2 Å². The first-order valence-electron chi connectivity index (χ1n) is 17.8. The minimum absolute atomic E-state index is 0.0594. The molecule has 12 heteroatoms. The van der Waals surface area contributed by atoms with Gasteiger partial charge in [0.1, 0.15) is 11.6 Å². The van der Waals surface area contributed by atoms with E-state index in [1.54, 1.807) is 0 Å². The molecule has 2 aliphatic heterocycles. The van der Waals surface area contributed by atoms with E-state index in [0.29, 0.717) is 19.5 Å². The van der Waals surface area contributed by atoms with Gasteiger partial charge in [-0.1, -0.05) is 51.6 Å². The zero-order chi connectivity index (χ0) is 35.8. The molecule has 3 unspecified atom stereocenters. The summed E-state index contributed by atoms with van der Waals surface area (Å²) in [6, 6.07) is 14.9. The molecule has 0 radical (unpaired) electrons. The van der Waals surface area contributed by atoms with Crippen LogP contribution in [0.3, 0.4) is 0 Å². The number of fused-ring (bicyclic) bond motifs is 2. The van der Waals surface area contributed by atoms with Crippen LogP contribution >= 0.6 is 0 Å². The second kappa shape index (κ2) is 14.3. The molecule has 0 spiro atoms. The van der Waals surface area contributed by atoms with E-state index in [0.717, 1.165) is 60.4 Å². The van der Waals surface area contributed by atoms with Crippen LogP contribution in [0.4, 0.5) is 10.2 Å². The van der Waals surface area contributed by atoms with E-state index >= 15 is 0 Å². The average molecular weight is 700 g/mol. The molecule has 10 nitrogen and oxygen atoms in total. The number of nitrogens with zero attached hydrogens (tertiary/aromatic N) is 6. The lowest BCUT2D eigenvalue weighted by molar-refractivity contribution is -0.131. The summed E-state index contributed by atoms with van der Waals surface area (Å²) in [7, 11) is -0.0137. The van der Waals surface area contributed by atoms with Crippen LogP contribution in [0.5, 0.6) is 11.8 Å². The summed E-state index contributed by atoms with van der Waals surface area (Å²) in [5.41, 5.74) is 6.41. The van der Waals surface area contributed by atoms with Gasteiger partial charge in [-0.15, -0.1) is 5.48 Å². The van der Waals surface area contributed by atoms with Crippen LogP contribution in [-0.2, 0) is 17.6 Å². The van der Waals surface area contributed by atoms with Gasteiger partial charge in [0.15, 0.2) is 5.83 Å². The Kier molecular flexibility index (Phi) is 10.2. The third-order valence-electron chi connectivity index (χ3n) is 11.1. The van der Waals surface area contributed by atoms with E-state index in [1.165, 1.54) is 15.8 Å². The fraction of sp³-hybridized carbons (Fsp3) is 0.526. The van der Waals surface area contributed by atoms with Crippen molar-refractivity contribution >= 4 is 30.8 Å². The monoisotopic (exact) mass is 699 g/mol. The van der Waals surface area contributed by atoms with E-state index in [1.807, 2.05) is 0 Å². The van der Waals surface area contributed by atoms with Gasteiger partial charge in [-0.05, 0) is 98.2 Å². The topological polar surface area (TPSA) is 107 Å². The standard InChI is InChI=1S/C38H50FN7O3Si/c1-25(39)36(47)46-20-19-45(24-28(46)16-17-40)35-31-15-14-27(22-33(31)41-37(42-35)48-43-34-13-10-18-44(34)5)32-23-29(49-50(6,7)38(2,3)4)21-26-11-8-9-12-30(26)32/h8-9,11-12,21,23,27-28,34,43H,1,10,13-16,18-20,22,24H2,2-7H3. The Morgan fingerprint density at radius 3 is 2.64 bits per heavy atom. The summed E-state index contributed by atoms with van der Waals surface area (Å²) in [5, 5.41) is 12.0. The van der Waals surface area contributed by atoms with Crippen LogP contribution in [-0.4, -0.2) is 79.4 Å². The van der Waals surface area contributed by atoms with Crippen molar-refractivity contribution in [2.75, 3.05) is 38.1 Å². The van der Waals surface area contributed by atoms with Gasteiger partial charge in [-0.2, -0.15) is 15.2 Å². The van der Waals surface area contributed by atoms with Gasteiger partial charge in [-0.25, -0.2) is 4.39 Å². The van der Waals surface area contributed by atoms with Crippen molar-refractivity contribution in [1.82, 2.24) is 25.2 Å². The SMILES string of the molecule is C=C(F)C(=O)N1CCN(c2nc(ONC3CCCN3C)nc3c2CCC(c2cc(O[Si](C)(C)C(C)(C)C)cc4ccccc24)C3)CC1CC#N. The molecule has 3 heterocycles. The van der Waals surface area contributed by atoms with E-state index in [-0.39, 0.29) is 36.1 Å². The zero-order valence-electron chi connectivity index (χ0n) is 30.3. The summed E-state index contributed by atoms with van der Waals surface area (Å²) >= 11 is 0. The Hall–Kier alpha value is -4.05. The molecule has 1 amide bonds. The van der Waals surface area contributed by atoms with Crippen molar-refractivity contribution in [3.05, 3.63) is 65.6 Å². The predicted molar refractivity (Wildman–Crippen MR) is 196 cm³/mol. The number of carbonyl (C=O) groups is 1. The summed E-state index contributed by atoms with van der Waals surface area (Å²) in [4.78, 5) is 34.4. The Morgan fingerprint density at radius 2 is 1.94 bits per heavy atom. The number of halogens is 1. The largest absolute Gasteiger partial charge is 0.543 e. The number of hydrogen-bond acceptors (Lipinski definition) is 9. The molecular formula is C38H50FN7O3Si. The summed E-state index contributed by atoms with van der Waals surface area (Å²) in [6.45, 7) is 16.6. The molecule has 1 aliphatic carbocycles. The number of aromatic nitrogens is 2. The molecule has 0 saturated carbocycles. The van der Waals surface area contributed by atoms with Gasteiger partial charge in [-0.3, -0.25) is 9.69 Å². The Balaban J connectivity index is 1.35. The minimum Gasteiger partial charge on any atom is -0.543 e. The summed E-state index contributed by atoms with van der Waals surface area (Å²) in [6.07, 6.45) is 4.51. The molecule has 1 aromatic heterocycles. The molecule has 266 valence electrons. The predicted octanol–water partition coefficient (Wildman–Crippen LogP) is 6.64. The lowest BCUT2D eigenvalue weighted by Gasteiger charge is -2.42. The summed E-state index contributed by atoms with van der Waals surface area (Å²) in [5.74, 6) is 0.0747. The first kappa shape index (κ1) is 35.8. The first-order valence-corrected chi connectivity index (χ1v) is 20.7. The van der Waals surface area contributed by atoms with Crippen LogP contribution in [0.25, 0.3) is 10.8 Å². The molecule has 3 aromatic rings. The number of carbonyl (C=O) groups excluding carboxylic acids is 1. The number of rotatable bonds is 9. The maximum absolute atomic E-state index is 13.9. The zero-order valence-corrected chi connectivity index (χ0v) is 31.3. The third-order valence-corrected chi connectivity index (χ3v) is 15.5. The molecule has 2 fully saturated rings. The van der Waals surface area contributed by atoms with Gasteiger partial charge < -0.3 is 19.1 Å². The Bertz CT molecular complexity index is 1810. The van der Waals surface area contributed by atoms with Crippen LogP contribution in [0.2, 0.25) is 18.1 Å². The number of nitriles is 1. The number of nitrogens with one attached hydrogen (secondary N) is 1. The molecule has 6 rings (SSSR count). The van der Waals surface area contributed by atoms with Gasteiger partial charge in [0.2, 0.25) is 8.32 Å². The Morgan fingerprint density at radius 1 is 1.16 bits per heavy atom. The number of hydroxylamine groups is 1. The maximum atomic E-state index is 13.9. The van der Waals surface area contributed by atoms with Crippen molar-refractivity contribution in [2.45, 2.75) is 95.6 Å². The minimum atomic E-state index is -2.08. The average Bonchev–Trinajstić information content (AvgIpc) is 3.49. The third kappa shape index (κ3) is 7.36. The normalized spacial score (nSPS) is 21.5. The first-order chi connectivity index (χ1) is 23.8. The van der Waals surface area contributed by atoms with Crippen molar-refractivity contribution in [2.24, 2.45) is 0 Å². The van der Waals surface area contributed by atoms with Crippen molar-refractivity contribution in [1.29, 1.82) is 5.26 Å². The number of hydrogen-bond donors (Lipinski definition) is 1. The van der Waals surface area contributed by atoms with E-state index in [2.05, 4.69) is 105 Å². The molecule has 50 heavy (non-hydrogen) atoms. The number of likely N-dealkylation sites (tertiary alicyclic amines) is 1. The highest BCUT2D eigenvalue weighted by atomic mass is 28.4. The van der Waals surface area contributed by atoms with Crippen molar-refractivity contribution < 1.29 is 18.4 Å². The van der Waals surface area contributed by atoms with Crippen LogP contribution in [0, 0.1) is 11.3 Å². The van der Waals surface area contributed by atoms with Crippen LogP contribution < -0.4 is 19.6 Å². The Labute approximate surface area is 296 Å². The fourth-order valence-electron chi connectivity index (χ4n) is 7.23. The van der Waals surface area contributed by atoms with Gasteiger partial charge in [0.25, 0.3) is 5.91 Å². The van der Waals surface area contributed by atoms with Gasteiger partial charge >= 0.3 is 6.01 Å². The smallest absolute Gasteiger partial charge is 0.338 e. The lowest BCUT2D eigenvalue weighted by Crippen LogP contribution is -2.55. The van der Waals surface area contributed by atoms with Crippen molar-refractivity contribution in [3.8, 4) is 17.8 Å². The highest BCUT2D eigenvalue weighted by Gasteiger charge is 2.40. The second-order valence-corrected chi connectivity index (χ2v) is 20.2. The highest BCUT2D eigenvalue weighted by molar-refractivity contribution is 6.74. The molecule has 2 aromatic carbocycles. The lowest BCUT2D eigenvalue weighted by atomic mass is 9.80. The summed E-state index contributed by atoms with van der Waals surface area (Å²) < 4.78 is 20.8. The van der Waals surface area contributed by atoms with Crippen molar-refractivity contribution in [3.63, 3.8) is 0 Å². The number of amides is 1. The molecule has 0 bridgehead atoms. The number of piperazine rings is 1. The van der Waals surface area contributed by atoms with E-state index in [9.17, 15) is 14.4 Å². The molecule has 2 saturated heterocycles. The quantitative estimate of drug-likeness (QED) is 0.150.